The number of carbonyl (C=O) groups excluding carboxylic acids is 2. The molecule has 0 radical (unpaired) electrons. The summed E-state index contributed by atoms with van der Waals surface area (Å²) in [7, 11) is 1.61. The minimum atomic E-state index is -0.365. The third-order valence-corrected chi connectivity index (χ3v) is 6.20. The number of para-hydroxylation sites is 1. The Kier molecular flexibility index (Phi) is 9.28. The van der Waals surface area contributed by atoms with Crippen molar-refractivity contribution in [3.8, 4) is 5.69 Å². The fourth-order valence-corrected chi connectivity index (χ4v) is 3.94. The molecule has 9 heteroatoms. The molecule has 36 heavy (non-hydrogen) atoms. The number of amides is 3. The highest BCUT2D eigenvalue weighted by molar-refractivity contribution is 9.10. The Labute approximate surface area is 221 Å². The van der Waals surface area contributed by atoms with E-state index < -0.39 is 0 Å². The van der Waals surface area contributed by atoms with Gasteiger partial charge in [0.1, 0.15) is 12.4 Å². The number of hydrogen-bond donors (Lipinski definition) is 2. The number of halogens is 1. The van der Waals surface area contributed by atoms with Crippen molar-refractivity contribution in [2.75, 3.05) is 37.4 Å². The highest BCUT2D eigenvalue weighted by Crippen LogP contribution is 2.27. The second kappa shape index (κ2) is 12.2. The zero-order valence-corrected chi connectivity index (χ0v) is 23.1. The van der Waals surface area contributed by atoms with E-state index in [1.54, 1.807) is 17.9 Å². The Morgan fingerprint density at radius 3 is 2.50 bits per heavy atom. The number of benzene rings is 2. The number of anilines is 2. The summed E-state index contributed by atoms with van der Waals surface area (Å²) in [5, 5.41) is 10.6. The average Bonchev–Trinajstić information content (AvgIpc) is 3.24. The molecule has 0 unspecified atom stereocenters. The third-order valence-electron chi connectivity index (χ3n) is 5.51. The van der Waals surface area contributed by atoms with Crippen LogP contribution in [0, 0.1) is 6.92 Å². The summed E-state index contributed by atoms with van der Waals surface area (Å²) in [6.07, 6.45) is 0.600. The lowest BCUT2D eigenvalue weighted by Gasteiger charge is -2.23. The summed E-state index contributed by atoms with van der Waals surface area (Å²) in [6.45, 7) is 8.96. The predicted octanol–water partition coefficient (Wildman–Crippen LogP) is 5.75. The van der Waals surface area contributed by atoms with Crippen LogP contribution < -0.4 is 10.6 Å². The number of nitrogens with one attached hydrogen (secondary N) is 2. The average molecular weight is 557 g/mol. The first-order valence-corrected chi connectivity index (χ1v) is 12.6. The van der Waals surface area contributed by atoms with Gasteiger partial charge in [-0.3, -0.25) is 4.79 Å². The molecule has 3 amide bonds. The monoisotopic (exact) mass is 555 g/mol. The number of hydrogen-bond acceptors (Lipinski definition) is 4. The van der Waals surface area contributed by atoms with Crippen molar-refractivity contribution < 1.29 is 14.3 Å². The number of carbonyl (C=O) groups is 2. The maximum absolute atomic E-state index is 13.2. The zero-order valence-electron chi connectivity index (χ0n) is 21.5. The molecule has 0 aliphatic rings. The Balaban J connectivity index is 1.81. The molecule has 8 nitrogen and oxygen atoms in total. The van der Waals surface area contributed by atoms with Crippen LogP contribution in [-0.2, 0) is 14.9 Å². The molecule has 2 aromatic carbocycles. The maximum atomic E-state index is 13.2. The maximum Gasteiger partial charge on any atom is 0.322 e. The third kappa shape index (κ3) is 7.41. The quantitative estimate of drug-likeness (QED) is 0.329. The van der Waals surface area contributed by atoms with Crippen LogP contribution in [0.4, 0.5) is 16.3 Å². The van der Waals surface area contributed by atoms with E-state index in [1.807, 2.05) is 55.5 Å². The summed E-state index contributed by atoms with van der Waals surface area (Å²) < 4.78 is 7.64. The Hall–Kier alpha value is -3.17. The summed E-state index contributed by atoms with van der Waals surface area (Å²) in [5.74, 6) is 0.238. The molecule has 0 saturated carbocycles. The largest absolute Gasteiger partial charge is 0.385 e. The minimum Gasteiger partial charge on any atom is -0.385 e. The van der Waals surface area contributed by atoms with Crippen LogP contribution in [0.5, 0.6) is 0 Å². The number of methoxy groups -OCH3 is 1. The molecule has 0 saturated heterocycles. The molecule has 0 aliphatic heterocycles. The topological polar surface area (TPSA) is 88.5 Å². The molecule has 1 aromatic heterocycles. The molecule has 0 bridgehead atoms. The second-order valence-corrected chi connectivity index (χ2v) is 10.5. The smallest absolute Gasteiger partial charge is 0.322 e. The Morgan fingerprint density at radius 1 is 1.08 bits per heavy atom. The van der Waals surface area contributed by atoms with E-state index in [4.69, 9.17) is 9.84 Å². The molecule has 0 fully saturated rings. The van der Waals surface area contributed by atoms with Crippen molar-refractivity contribution in [3.63, 3.8) is 0 Å². The molecule has 0 atom stereocenters. The lowest BCUT2D eigenvalue weighted by atomic mass is 9.92. The molecule has 3 aromatic rings. The van der Waals surface area contributed by atoms with Crippen LogP contribution in [0.25, 0.3) is 5.69 Å². The van der Waals surface area contributed by atoms with Gasteiger partial charge in [0.25, 0.3) is 0 Å². The van der Waals surface area contributed by atoms with Gasteiger partial charge in [-0.05, 0) is 59.1 Å². The van der Waals surface area contributed by atoms with Gasteiger partial charge in [-0.2, -0.15) is 5.10 Å². The second-order valence-electron chi connectivity index (χ2n) is 9.64. The highest BCUT2D eigenvalue weighted by atomic mass is 79.9. The number of urea groups is 1. The molecule has 1 heterocycles. The van der Waals surface area contributed by atoms with Crippen LogP contribution >= 0.6 is 15.9 Å². The molecule has 192 valence electrons. The standard InChI is InChI=1S/C27H34BrN5O3/c1-19-10-8-11-20(16-19)33-24(17-23(31-33)27(2,3)4)30-25(34)18-32(14-9-15-36-5)26(35)29-22-13-7-6-12-21(22)28/h6-8,10-13,16-17H,9,14-15,18H2,1-5H3,(H,29,35)(H,30,34). The normalized spacial score (nSPS) is 11.3. The van der Waals surface area contributed by atoms with Crippen LogP contribution in [0.2, 0.25) is 0 Å². The fourth-order valence-electron chi connectivity index (χ4n) is 3.56. The van der Waals surface area contributed by atoms with Crippen LogP contribution in [0.3, 0.4) is 0 Å². The SMILES string of the molecule is COCCCN(CC(=O)Nc1cc(C(C)(C)C)nn1-c1cccc(C)c1)C(=O)Nc1ccccc1Br. The van der Waals surface area contributed by atoms with E-state index in [2.05, 4.69) is 47.3 Å². The van der Waals surface area contributed by atoms with Gasteiger partial charge in [0, 0.05) is 36.2 Å². The van der Waals surface area contributed by atoms with Gasteiger partial charge in [0.15, 0.2) is 0 Å². The molecular weight excluding hydrogens is 522 g/mol. The number of aryl methyl sites for hydroxylation is 1. The van der Waals surface area contributed by atoms with Gasteiger partial charge < -0.3 is 20.3 Å². The van der Waals surface area contributed by atoms with E-state index in [9.17, 15) is 9.59 Å². The van der Waals surface area contributed by atoms with Gasteiger partial charge in [0.05, 0.1) is 17.1 Å². The van der Waals surface area contributed by atoms with Gasteiger partial charge in [0.2, 0.25) is 5.91 Å². The van der Waals surface area contributed by atoms with Crippen molar-refractivity contribution in [2.24, 2.45) is 0 Å². The van der Waals surface area contributed by atoms with Crippen LogP contribution in [-0.4, -0.2) is 53.4 Å². The van der Waals surface area contributed by atoms with Crippen molar-refractivity contribution >= 4 is 39.4 Å². The molecule has 0 spiro atoms. The molecule has 3 rings (SSSR count). The molecular formula is C27H34BrN5O3. The van der Waals surface area contributed by atoms with Gasteiger partial charge in [-0.15, -0.1) is 0 Å². The summed E-state index contributed by atoms with van der Waals surface area (Å²) >= 11 is 3.44. The van der Waals surface area contributed by atoms with E-state index >= 15 is 0 Å². The van der Waals surface area contributed by atoms with Crippen molar-refractivity contribution in [2.45, 2.75) is 39.5 Å². The first kappa shape index (κ1) is 27.4. The Morgan fingerprint density at radius 2 is 1.83 bits per heavy atom. The lowest BCUT2D eigenvalue weighted by molar-refractivity contribution is -0.116. The van der Waals surface area contributed by atoms with Crippen molar-refractivity contribution in [1.82, 2.24) is 14.7 Å². The number of aromatic nitrogens is 2. The van der Waals surface area contributed by atoms with Gasteiger partial charge in [-0.25, -0.2) is 9.48 Å². The van der Waals surface area contributed by atoms with E-state index in [-0.39, 0.29) is 23.9 Å². The number of rotatable bonds is 9. The fraction of sp³-hybridized carbons (Fsp3) is 0.370. The lowest BCUT2D eigenvalue weighted by Crippen LogP contribution is -2.41. The number of ether oxygens (including phenoxy) is 1. The summed E-state index contributed by atoms with van der Waals surface area (Å²) in [5.41, 5.74) is 3.22. The van der Waals surface area contributed by atoms with Gasteiger partial charge in [-0.1, -0.05) is 45.0 Å². The van der Waals surface area contributed by atoms with Crippen LogP contribution in [0.15, 0.2) is 59.1 Å². The van der Waals surface area contributed by atoms with E-state index in [0.717, 1.165) is 21.4 Å². The number of nitrogens with zero attached hydrogens (tertiary/aromatic N) is 3. The van der Waals surface area contributed by atoms with Gasteiger partial charge >= 0.3 is 6.03 Å². The Bertz CT molecular complexity index is 1200. The van der Waals surface area contributed by atoms with E-state index in [1.165, 1.54) is 4.90 Å². The molecule has 2 N–H and O–H groups in total. The first-order valence-electron chi connectivity index (χ1n) is 11.9. The first-order chi connectivity index (χ1) is 17.1. The van der Waals surface area contributed by atoms with Crippen LogP contribution in [0.1, 0.15) is 38.4 Å². The highest BCUT2D eigenvalue weighted by Gasteiger charge is 2.23. The zero-order chi connectivity index (χ0) is 26.3. The van der Waals surface area contributed by atoms with E-state index in [0.29, 0.717) is 31.1 Å². The summed E-state index contributed by atoms with van der Waals surface area (Å²) in [4.78, 5) is 27.7. The molecule has 0 aliphatic carbocycles. The van der Waals surface area contributed by atoms with Crippen molar-refractivity contribution in [3.05, 3.63) is 70.3 Å². The summed E-state index contributed by atoms with van der Waals surface area (Å²) in [6, 6.07) is 16.8. The van der Waals surface area contributed by atoms with Crippen molar-refractivity contribution in [1.29, 1.82) is 0 Å². The predicted molar refractivity (Wildman–Crippen MR) is 147 cm³/mol. The minimum absolute atomic E-state index is 0.121.